The summed E-state index contributed by atoms with van der Waals surface area (Å²) in [6.07, 6.45) is 0. The number of aromatic nitrogens is 2. The van der Waals surface area contributed by atoms with Gasteiger partial charge in [-0.2, -0.15) is 4.31 Å². The maximum atomic E-state index is 14.0. The standard InChI is InChI=1S/C20H21FN4O5S2/c1-12-16-18(26)22-15(23-19(16)31-17(12)20(27)30-2)11-24-7-9-25(10-8-24)32(28,29)14-6-4-3-5-13(14)21/h3-6H,7-11H2,1-2H3,(H,22,23,26). The topological polar surface area (TPSA) is 113 Å². The lowest BCUT2D eigenvalue weighted by Gasteiger charge is -2.33. The molecule has 0 bridgehead atoms. The number of ether oxygens (including phenoxy) is 1. The van der Waals surface area contributed by atoms with Crippen molar-refractivity contribution >= 4 is 37.5 Å². The highest BCUT2D eigenvalue weighted by molar-refractivity contribution is 7.89. The van der Waals surface area contributed by atoms with Gasteiger partial charge in [0.25, 0.3) is 5.56 Å². The summed E-state index contributed by atoms with van der Waals surface area (Å²) in [6.45, 7) is 3.15. The number of benzene rings is 1. The molecule has 3 aromatic rings. The fraction of sp³-hybridized carbons (Fsp3) is 0.350. The van der Waals surface area contributed by atoms with Gasteiger partial charge in [-0.25, -0.2) is 22.6 Å². The summed E-state index contributed by atoms with van der Waals surface area (Å²) < 4.78 is 45.5. The van der Waals surface area contributed by atoms with Crippen LogP contribution in [0.15, 0.2) is 34.0 Å². The highest BCUT2D eigenvalue weighted by Crippen LogP contribution is 2.28. The maximum Gasteiger partial charge on any atom is 0.348 e. The van der Waals surface area contributed by atoms with E-state index in [1.54, 1.807) is 6.92 Å². The van der Waals surface area contributed by atoms with E-state index in [2.05, 4.69) is 9.97 Å². The SMILES string of the molecule is COC(=O)c1sc2nc(CN3CCN(S(=O)(=O)c4ccccc4F)CC3)[nH]c(=O)c2c1C. The van der Waals surface area contributed by atoms with Crippen LogP contribution in [0, 0.1) is 12.7 Å². The fourth-order valence-electron chi connectivity index (χ4n) is 3.68. The minimum atomic E-state index is -3.92. The number of carbonyl (C=O) groups is 1. The third-order valence-electron chi connectivity index (χ3n) is 5.38. The van der Waals surface area contributed by atoms with Crippen LogP contribution in [0.4, 0.5) is 4.39 Å². The van der Waals surface area contributed by atoms with Gasteiger partial charge < -0.3 is 9.72 Å². The molecule has 0 spiro atoms. The van der Waals surface area contributed by atoms with Crippen LogP contribution in [0.1, 0.15) is 21.1 Å². The molecule has 0 unspecified atom stereocenters. The first kappa shape index (κ1) is 22.5. The van der Waals surface area contributed by atoms with Gasteiger partial charge in [0.2, 0.25) is 10.0 Å². The first-order valence-corrected chi connectivity index (χ1v) is 12.1. The number of halogens is 1. The zero-order valence-corrected chi connectivity index (χ0v) is 19.1. The average molecular weight is 481 g/mol. The molecule has 2 aromatic heterocycles. The van der Waals surface area contributed by atoms with Gasteiger partial charge in [0.1, 0.15) is 26.2 Å². The number of aryl methyl sites for hydroxylation is 1. The van der Waals surface area contributed by atoms with Crippen LogP contribution >= 0.6 is 11.3 Å². The second-order valence-corrected chi connectivity index (χ2v) is 10.3. The monoisotopic (exact) mass is 480 g/mol. The van der Waals surface area contributed by atoms with Crippen LogP contribution in [0.5, 0.6) is 0 Å². The number of piperazine rings is 1. The number of thiophene rings is 1. The van der Waals surface area contributed by atoms with Gasteiger partial charge >= 0.3 is 5.97 Å². The van der Waals surface area contributed by atoms with Crippen LogP contribution < -0.4 is 5.56 Å². The number of aromatic amines is 1. The molecule has 12 heteroatoms. The summed E-state index contributed by atoms with van der Waals surface area (Å²) in [6, 6.07) is 5.31. The Morgan fingerprint density at radius 2 is 1.94 bits per heavy atom. The van der Waals surface area contributed by atoms with Crippen molar-refractivity contribution in [1.29, 1.82) is 0 Å². The van der Waals surface area contributed by atoms with Gasteiger partial charge in [0, 0.05) is 26.2 Å². The van der Waals surface area contributed by atoms with Gasteiger partial charge in [-0.3, -0.25) is 9.69 Å². The Kier molecular flexibility index (Phi) is 6.12. The molecule has 0 radical (unpaired) electrons. The van der Waals surface area contributed by atoms with E-state index >= 15 is 0 Å². The summed E-state index contributed by atoms with van der Waals surface area (Å²) in [5.74, 6) is -0.869. The van der Waals surface area contributed by atoms with E-state index in [9.17, 15) is 22.4 Å². The fourth-order valence-corrected chi connectivity index (χ4v) is 6.29. The Labute approximate surface area is 187 Å². The zero-order valence-electron chi connectivity index (χ0n) is 17.4. The molecule has 1 aliphatic heterocycles. The van der Waals surface area contributed by atoms with E-state index in [1.807, 2.05) is 4.90 Å². The predicted molar refractivity (Wildman–Crippen MR) is 117 cm³/mol. The van der Waals surface area contributed by atoms with Gasteiger partial charge in [-0.05, 0) is 24.6 Å². The van der Waals surface area contributed by atoms with E-state index in [-0.39, 0.29) is 23.5 Å². The lowest BCUT2D eigenvalue weighted by molar-refractivity contribution is 0.0605. The van der Waals surface area contributed by atoms with Crippen molar-refractivity contribution in [3.05, 3.63) is 56.7 Å². The third-order valence-corrected chi connectivity index (χ3v) is 8.48. The van der Waals surface area contributed by atoms with Crippen LogP contribution in [0.3, 0.4) is 0 Å². The molecule has 1 saturated heterocycles. The van der Waals surface area contributed by atoms with Crippen molar-refractivity contribution in [2.45, 2.75) is 18.4 Å². The number of methoxy groups -OCH3 is 1. The molecule has 0 amide bonds. The minimum Gasteiger partial charge on any atom is -0.465 e. The van der Waals surface area contributed by atoms with E-state index in [1.165, 1.54) is 29.6 Å². The summed E-state index contributed by atoms with van der Waals surface area (Å²) in [5, 5.41) is 0.361. The number of H-pyrrole nitrogens is 1. The smallest absolute Gasteiger partial charge is 0.348 e. The normalized spacial score (nSPS) is 15.8. The Hall–Kier alpha value is -2.67. The summed E-state index contributed by atoms with van der Waals surface area (Å²) in [5.41, 5.74) is 0.193. The van der Waals surface area contributed by atoms with Crippen LogP contribution in [0.25, 0.3) is 10.2 Å². The molecule has 1 aliphatic rings. The predicted octanol–water partition coefficient (Wildman–Crippen LogP) is 1.73. The molecule has 4 rings (SSSR count). The van der Waals surface area contributed by atoms with Gasteiger partial charge in [-0.1, -0.05) is 12.1 Å². The largest absolute Gasteiger partial charge is 0.465 e. The van der Waals surface area contributed by atoms with E-state index in [0.29, 0.717) is 46.1 Å². The lowest BCUT2D eigenvalue weighted by Crippen LogP contribution is -2.48. The minimum absolute atomic E-state index is 0.188. The van der Waals surface area contributed by atoms with Gasteiger partial charge in [-0.15, -0.1) is 11.3 Å². The van der Waals surface area contributed by atoms with Crippen LogP contribution in [-0.2, 0) is 21.3 Å². The molecule has 1 N–H and O–H groups in total. The number of esters is 1. The number of fused-ring (bicyclic) bond motifs is 1. The van der Waals surface area contributed by atoms with Crippen LogP contribution in [0.2, 0.25) is 0 Å². The molecule has 9 nitrogen and oxygen atoms in total. The average Bonchev–Trinajstić information content (AvgIpc) is 3.10. The second-order valence-electron chi connectivity index (χ2n) is 7.35. The van der Waals surface area contributed by atoms with Crippen LogP contribution in [-0.4, -0.2) is 66.8 Å². The molecule has 1 fully saturated rings. The molecule has 170 valence electrons. The number of sulfonamides is 1. The number of hydrogen-bond donors (Lipinski definition) is 1. The molecule has 0 saturated carbocycles. The van der Waals surface area contributed by atoms with Gasteiger partial charge in [0.05, 0.1) is 19.0 Å². The third kappa shape index (κ3) is 4.06. The second kappa shape index (κ2) is 8.70. The first-order valence-electron chi connectivity index (χ1n) is 9.80. The van der Waals surface area contributed by atoms with E-state index < -0.39 is 21.8 Å². The number of nitrogens with zero attached hydrogens (tertiary/aromatic N) is 3. The zero-order chi connectivity index (χ0) is 23.0. The van der Waals surface area contributed by atoms with Crippen molar-refractivity contribution in [2.24, 2.45) is 0 Å². The van der Waals surface area contributed by atoms with Gasteiger partial charge in [0.15, 0.2) is 0 Å². The molecule has 0 aliphatic carbocycles. The highest BCUT2D eigenvalue weighted by atomic mass is 32.2. The van der Waals surface area contributed by atoms with E-state index in [0.717, 1.165) is 17.4 Å². The summed E-state index contributed by atoms with van der Waals surface area (Å²) in [7, 11) is -2.64. The summed E-state index contributed by atoms with van der Waals surface area (Å²) >= 11 is 1.10. The Bertz CT molecular complexity index is 1340. The Morgan fingerprint density at radius 3 is 2.59 bits per heavy atom. The number of rotatable bonds is 5. The molecule has 0 atom stereocenters. The van der Waals surface area contributed by atoms with Crippen molar-refractivity contribution < 1.29 is 22.3 Å². The van der Waals surface area contributed by atoms with Crippen molar-refractivity contribution in [2.75, 3.05) is 33.3 Å². The maximum absolute atomic E-state index is 14.0. The van der Waals surface area contributed by atoms with Crippen molar-refractivity contribution in [1.82, 2.24) is 19.2 Å². The number of nitrogens with one attached hydrogen (secondary N) is 1. The molecule has 3 heterocycles. The van der Waals surface area contributed by atoms with Crippen molar-refractivity contribution in [3.63, 3.8) is 0 Å². The summed E-state index contributed by atoms with van der Waals surface area (Å²) in [4.78, 5) is 34.1. The quantitative estimate of drug-likeness (QED) is 0.554. The Morgan fingerprint density at radius 1 is 1.25 bits per heavy atom. The highest BCUT2D eigenvalue weighted by Gasteiger charge is 2.30. The first-order chi connectivity index (χ1) is 15.2. The lowest BCUT2D eigenvalue weighted by atomic mass is 10.2. The number of hydrogen-bond acceptors (Lipinski definition) is 8. The molecule has 1 aromatic carbocycles. The molecular weight excluding hydrogens is 459 g/mol. The van der Waals surface area contributed by atoms with E-state index in [4.69, 9.17) is 4.74 Å². The molecular formula is C20H21FN4O5S2. The molecule has 32 heavy (non-hydrogen) atoms. The van der Waals surface area contributed by atoms with Crippen molar-refractivity contribution in [3.8, 4) is 0 Å². The Balaban J connectivity index is 1.49. The number of carbonyl (C=O) groups excluding carboxylic acids is 1.